The first-order valence-electron chi connectivity index (χ1n) is 12.0. The lowest BCUT2D eigenvalue weighted by Gasteiger charge is -2.31. The molecule has 33 heavy (non-hydrogen) atoms. The van der Waals surface area contributed by atoms with Crippen molar-refractivity contribution in [2.24, 2.45) is 0 Å². The maximum absolute atomic E-state index is 12.1. The summed E-state index contributed by atoms with van der Waals surface area (Å²) in [4.78, 5) is 27.1. The highest BCUT2D eigenvalue weighted by Gasteiger charge is 2.26. The van der Waals surface area contributed by atoms with Crippen molar-refractivity contribution >= 4 is 6.09 Å². The monoisotopic (exact) mass is 456 g/mol. The molecule has 1 amide bonds. The standard InChI is InChI=1S/C25H36N4O4/c1-6-7-8-9-20-10-11-22(19(5)28-20)33-24-18(4)23(26-16-27-24)32-21-12-14-29(15-13-21)25(30)31-17(2)3/h10-11,16-17,21H,6-9,12-15H2,1-5H3. The first kappa shape index (κ1) is 24.7. The van der Waals surface area contributed by atoms with Crippen molar-refractivity contribution in [2.45, 2.75) is 85.4 Å². The van der Waals surface area contributed by atoms with Crippen LogP contribution in [0.5, 0.6) is 17.5 Å². The first-order valence-corrected chi connectivity index (χ1v) is 12.0. The molecule has 1 fully saturated rings. The Morgan fingerprint density at radius 3 is 2.52 bits per heavy atom. The number of aryl methyl sites for hydroxylation is 2. The zero-order chi connectivity index (χ0) is 23.8. The van der Waals surface area contributed by atoms with Crippen LogP contribution in [0.15, 0.2) is 18.5 Å². The lowest BCUT2D eigenvalue weighted by atomic mass is 10.1. The number of carbonyl (C=O) groups excluding carboxylic acids is 1. The number of pyridine rings is 1. The fourth-order valence-electron chi connectivity index (χ4n) is 3.74. The molecule has 0 unspecified atom stereocenters. The predicted octanol–water partition coefficient (Wildman–Crippen LogP) is 5.40. The van der Waals surface area contributed by atoms with Crippen LogP contribution < -0.4 is 9.47 Å². The lowest BCUT2D eigenvalue weighted by Crippen LogP contribution is -2.42. The number of unbranched alkanes of at least 4 members (excludes halogenated alkanes) is 2. The number of hydrogen-bond donors (Lipinski definition) is 0. The van der Waals surface area contributed by atoms with E-state index in [1.165, 1.54) is 19.2 Å². The molecule has 0 radical (unpaired) electrons. The zero-order valence-corrected chi connectivity index (χ0v) is 20.5. The third-order valence-electron chi connectivity index (χ3n) is 5.64. The maximum Gasteiger partial charge on any atom is 0.410 e. The molecule has 2 aromatic rings. The number of likely N-dealkylation sites (tertiary alicyclic amines) is 1. The Bertz CT molecular complexity index is 927. The molecule has 180 valence electrons. The van der Waals surface area contributed by atoms with Crippen molar-refractivity contribution in [1.82, 2.24) is 19.9 Å². The highest BCUT2D eigenvalue weighted by Crippen LogP contribution is 2.30. The summed E-state index contributed by atoms with van der Waals surface area (Å²) in [6, 6.07) is 3.97. The minimum absolute atomic E-state index is 0.0274. The van der Waals surface area contributed by atoms with E-state index in [1.54, 1.807) is 4.90 Å². The normalized spacial score (nSPS) is 14.4. The van der Waals surface area contributed by atoms with Crippen LogP contribution in [0.3, 0.4) is 0 Å². The highest BCUT2D eigenvalue weighted by molar-refractivity contribution is 5.67. The van der Waals surface area contributed by atoms with Gasteiger partial charge in [-0.05, 0) is 52.7 Å². The van der Waals surface area contributed by atoms with Crippen molar-refractivity contribution < 1.29 is 19.0 Å². The number of ether oxygens (including phenoxy) is 3. The Labute approximate surface area is 196 Å². The largest absolute Gasteiger partial charge is 0.474 e. The Balaban J connectivity index is 1.59. The van der Waals surface area contributed by atoms with E-state index in [1.807, 2.05) is 39.8 Å². The van der Waals surface area contributed by atoms with Crippen molar-refractivity contribution in [3.8, 4) is 17.5 Å². The second-order valence-electron chi connectivity index (χ2n) is 8.79. The minimum atomic E-state index is -0.266. The van der Waals surface area contributed by atoms with Crippen molar-refractivity contribution in [2.75, 3.05) is 13.1 Å². The van der Waals surface area contributed by atoms with Gasteiger partial charge < -0.3 is 19.1 Å². The number of piperidine rings is 1. The smallest absolute Gasteiger partial charge is 0.410 e. The molecule has 1 saturated heterocycles. The molecule has 0 N–H and O–H groups in total. The van der Waals surface area contributed by atoms with Crippen LogP contribution in [-0.2, 0) is 11.2 Å². The maximum atomic E-state index is 12.1. The molecule has 0 bridgehead atoms. The number of aromatic nitrogens is 3. The van der Waals surface area contributed by atoms with Crippen molar-refractivity contribution in [1.29, 1.82) is 0 Å². The molecule has 0 saturated carbocycles. The van der Waals surface area contributed by atoms with Gasteiger partial charge in [-0.2, -0.15) is 0 Å². The van der Waals surface area contributed by atoms with Gasteiger partial charge in [0.1, 0.15) is 12.4 Å². The molecule has 2 aromatic heterocycles. The summed E-state index contributed by atoms with van der Waals surface area (Å²) in [7, 11) is 0. The quantitative estimate of drug-likeness (QED) is 0.467. The van der Waals surface area contributed by atoms with Gasteiger partial charge in [0, 0.05) is 31.6 Å². The second kappa shape index (κ2) is 11.8. The molecule has 3 heterocycles. The van der Waals surface area contributed by atoms with E-state index >= 15 is 0 Å². The van der Waals surface area contributed by atoms with Gasteiger partial charge in [0.05, 0.1) is 17.4 Å². The van der Waals surface area contributed by atoms with Crippen LogP contribution >= 0.6 is 0 Å². The van der Waals surface area contributed by atoms with Gasteiger partial charge in [-0.3, -0.25) is 4.98 Å². The van der Waals surface area contributed by atoms with Gasteiger partial charge >= 0.3 is 6.09 Å². The average Bonchev–Trinajstić information content (AvgIpc) is 2.78. The van der Waals surface area contributed by atoms with Crippen LogP contribution in [0.25, 0.3) is 0 Å². The van der Waals surface area contributed by atoms with Crippen LogP contribution in [-0.4, -0.2) is 51.2 Å². The second-order valence-corrected chi connectivity index (χ2v) is 8.79. The van der Waals surface area contributed by atoms with E-state index in [9.17, 15) is 4.79 Å². The number of amides is 1. The fraction of sp³-hybridized carbons (Fsp3) is 0.600. The summed E-state index contributed by atoms with van der Waals surface area (Å²) in [6.07, 6.45) is 7.01. The highest BCUT2D eigenvalue weighted by atomic mass is 16.6. The lowest BCUT2D eigenvalue weighted by molar-refractivity contribution is 0.0505. The summed E-state index contributed by atoms with van der Waals surface area (Å²) in [5.74, 6) is 1.64. The van der Waals surface area contributed by atoms with Crippen molar-refractivity contribution in [3.63, 3.8) is 0 Å². The Morgan fingerprint density at radius 2 is 1.85 bits per heavy atom. The van der Waals surface area contributed by atoms with Gasteiger partial charge in [-0.25, -0.2) is 14.8 Å². The van der Waals surface area contributed by atoms with Gasteiger partial charge in [0.25, 0.3) is 0 Å². The zero-order valence-electron chi connectivity index (χ0n) is 20.5. The van der Waals surface area contributed by atoms with Gasteiger partial charge in [-0.1, -0.05) is 19.8 Å². The molecular weight excluding hydrogens is 420 g/mol. The minimum Gasteiger partial charge on any atom is -0.474 e. The summed E-state index contributed by atoms with van der Waals surface area (Å²) >= 11 is 0. The average molecular weight is 457 g/mol. The van der Waals surface area contributed by atoms with E-state index in [4.69, 9.17) is 14.2 Å². The van der Waals surface area contributed by atoms with Gasteiger partial charge in [0.15, 0.2) is 5.75 Å². The molecule has 1 aliphatic rings. The fourth-order valence-corrected chi connectivity index (χ4v) is 3.74. The molecular formula is C25H36N4O4. The first-order chi connectivity index (χ1) is 15.9. The topological polar surface area (TPSA) is 86.7 Å². The number of rotatable bonds is 9. The third-order valence-corrected chi connectivity index (χ3v) is 5.64. The van der Waals surface area contributed by atoms with Gasteiger partial charge in [0.2, 0.25) is 11.8 Å². The van der Waals surface area contributed by atoms with E-state index in [2.05, 4.69) is 21.9 Å². The summed E-state index contributed by atoms with van der Waals surface area (Å²) in [5, 5.41) is 0. The van der Waals surface area contributed by atoms with Crippen molar-refractivity contribution in [3.05, 3.63) is 35.4 Å². The molecule has 0 aromatic carbocycles. The number of hydrogen-bond acceptors (Lipinski definition) is 7. The SMILES string of the molecule is CCCCCc1ccc(Oc2ncnc(OC3CCN(C(=O)OC(C)C)CC3)c2C)c(C)n1. The number of carbonyl (C=O) groups is 1. The van der Waals surface area contributed by atoms with E-state index in [0.717, 1.165) is 42.6 Å². The van der Waals surface area contributed by atoms with Crippen LogP contribution in [0.2, 0.25) is 0 Å². The molecule has 0 spiro atoms. The van der Waals surface area contributed by atoms with Crippen LogP contribution in [0, 0.1) is 13.8 Å². The molecule has 8 heteroatoms. The Morgan fingerprint density at radius 1 is 1.12 bits per heavy atom. The van der Waals surface area contributed by atoms with E-state index in [0.29, 0.717) is 30.6 Å². The van der Waals surface area contributed by atoms with E-state index < -0.39 is 0 Å². The Kier molecular flexibility index (Phi) is 8.86. The summed E-state index contributed by atoms with van der Waals surface area (Å²) in [6.45, 7) is 10.9. The number of nitrogens with zero attached hydrogens (tertiary/aromatic N) is 4. The van der Waals surface area contributed by atoms with E-state index in [-0.39, 0.29) is 18.3 Å². The molecule has 0 aliphatic carbocycles. The van der Waals surface area contributed by atoms with Crippen LogP contribution in [0.4, 0.5) is 4.79 Å². The Hall–Kier alpha value is -2.90. The summed E-state index contributed by atoms with van der Waals surface area (Å²) in [5.41, 5.74) is 2.66. The molecule has 0 atom stereocenters. The third kappa shape index (κ3) is 7.04. The molecule has 8 nitrogen and oxygen atoms in total. The summed E-state index contributed by atoms with van der Waals surface area (Å²) < 4.78 is 17.5. The molecule has 3 rings (SSSR count). The van der Waals surface area contributed by atoms with Crippen LogP contribution in [0.1, 0.15) is 69.8 Å². The predicted molar refractivity (Wildman–Crippen MR) is 126 cm³/mol. The van der Waals surface area contributed by atoms with Gasteiger partial charge in [-0.15, -0.1) is 0 Å². The molecule has 1 aliphatic heterocycles.